The predicted molar refractivity (Wildman–Crippen MR) is 130 cm³/mol. The largest absolute Gasteiger partial charge is 0.490 e. The van der Waals surface area contributed by atoms with Gasteiger partial charge in [-0.1, -0.05) is 0 Å². The first-order valence-electron chi connectivity index (χ1n) is 12.1. The second kappa shape index (κ2) is 10.1. The average molecular weight is 496 g/mol. The van der Waals surface area contributed by atoms with Gasteiger partial charge in [0.05, 0.1) is 24.1 Å². The molecule has 3 amide bonds. The van der Waals surface area contributed by atoms with E-state index in [1.807, 2.05) is 6.92 Å². The first-order chi connectivity index (χ1) is 17.4. The predicted octanol–water partition coefficient (Wildman–Crippen LogP) is 2.57. The maximum Gasteiger partial charge on any atom is 0.257 e. The zero-order chi connectivity index (χ0) is 25.2. The number of fused-ring (bicyclic) bond motifs is 3. The van der Waals surface area contributed by atoms with Crippen LogP contribution in [0.25, 0.3) is 0 Å². The Kier molecular flexibility index (Phi) is 6.69. The van der Waals surface area contributed by atoms with E-state index in [1.165, 1.54) is 0 Å². The van der Waals surface area contributed by atoms with Crippen LogP contribution in [0, 0.1) is 0 Å². The minimum absolute atomic E-state index is 0.0437. The molecule has 0 bridgehead atoms. The minimum atomic E-state index is -0.342. The molecule has 0 aromatic heterocycles. The molecule has 2 aromatic rings. The van der Waals surface area contributed by atoms with Crippen molar-refractivity contribution < 1.29 is 33.3 Å². The summed E-state index contributed by atoms with van der Waals surface area (Å²) >= 11 is 0. The van der Waals surface area contributed by atoms with E-state index in [4.69, 9.17) is 18.9 Å². The lowest BCUT2D eigenvalue weighted by Crippen LogP contribution is -2.54. The van der Waals surface area contributed by atoms with Crippen molar-refractivity contribution in [2.24, 2.45) is 0 Å². The molecule has 1 fully saturated rings. The second-order valence-electron chi connectivity index (χ2n) is 9.06. The molecule has 10 nitrogen and oxygen atoms in total. The Balaban J connectivity index is 1.30. The summed E-state index contributed by atoms with van der Waals surface area (Å²) in [4.78, 5) is 39.9. The van der Waals surface area contributed by atoms with Gasteiger partial charge >= 0.3 is 0 Å². The van der Waals surface area contributed by atoms with Crippen molar-refractivity contribution >= 4 is 23.4 Å². The molecule has 0 radical (unpaired) electrons. The Morgan fingerprint density at radius 3 is 2.67 bits per heavy atom. The van der Waals surface area contributed by atoms with Gasteiger partial charge in [0, 0.05) is 24.8 Å². The highest BCUT2D eigenvalue weighted by molar-refractivity contribution is 6.06. The summed E-state index contributed by atoms with van der Waals surface area (Å²) in [5.74, 6) is 0.936. The maximum atomic E-state index is 13.4. The number of hydrogen-bond donors (Lipinski definition) is 2. The molecule has 1 saturated heterocycles. The van der Waals surface area contributed by atoms with Crippen molar-refractivity contribution in [2.75, 3.05) is 32.3 Å². The summed E-state index contributed by atoms with van der Waals surface area (Å²) in [7, 11) is 1.75. The van der Waals surface area contributed by atoms with Gasteiger partial charge in [-0.05, 0) is 56.2 Å². The number of likely N-dealkylation sites (N-methyl/N-ethyl adjacent to an activating group) is 1. The lowest BCUT2D eigenvalue weighted by molar-refractivity contribution is -0.133. The highest BCUT2D eigenvalue weighted by Gasteiger charge is 2.39. The third-order valence-electron chi connectivity index (χ3n) is 6.69. The molecule has 2 aromatic carbocycles. The fraction of sp³-hybridized carbons (Fsp3) is 0.423. The molecule has 0 unspecified atom stereocenters. The van der Waals surface area contributed by atoms with Gasteiger partial charge in [-0.25, -0.2) is 0 Å². The van der Waals surface area contributed by atoms with Gasteiger partial charge in [0.15, 0.2) is 11.5 Å². The lowest BCUT2D eigenvalue weighted by atomic mass is 9.94. The normalized spacial score (nSPS) is 22.4. The number of ether oxygens (including phenoxy) is 4. The summed E-state index contributed by atoms with van der Waals surface area (Å²) in [6.45, 7) is 2.84. The van der Waals surface area contributed by atoms with Crippen molar-refractivity contribution in [1.29, 1.82) is 0 Å². The summed E-state index contributed by atoms with van der Waals surface area (Å²) in [5.41, 5.74) is 1.25. The van der Waals surface area contributed by atoms with Gasteiger partial charge in [-0.3, -0.25) is 14.4 Å². The number of hydrogen-bond acceptors (Lipinski definition) is 7. The molecule has 2 N–H and O–H groups in total. The van der Waals surface area contributed by atoms with Crippen LogP contribution in [0.5, 0.6) is 17.2 Å². The number of nitrogens with zero attached hydrogens (tertiary/aromatic N) is 1. The number of benzene rings is 2. The first-order valence-corrected chi connectivity index (χ1v) is 12.1. The Morgan fingerprint density at radius 2 is 1.83 bits per heavy atom. The van der Waals surface area contributed by atoms with Crippen LogP contribution in [0.2, 0.25) is 0 Å². The highest BCUT2D eigenvalue weighted by Crippen LogP contribution is 2.34. The molecule has 10 heteroatoms. The van der Waals surface area contributed by atoms with E-state index >= 15 is 0 Å². The van der Waals surface area contributed by atoms with Crippen LogP contribution < -0.4 is 24.8 Å². The molecule has 3 aliphatic heterocycles. The van der Waals surface area contributed by atoms with E-state index in [0.29, 0.717) is 53.4 Å². The highest BCUT2D eigenvalue weighted by atomic mass is 16.7. The number of carbonyl (C=O) groups is 3. The zero-order valence-corrected chi connectivity index (χ0v) is 20.2. The van der Waals surface area contributed by atoms with E-state index in [9.17, 15) is 14.4 Å². The fourth-order valence-corrected chi connectivity index (χ4v) is 4.82. The van der Waals surface area contributed by atoms with Crippen LogP contribution in [0.1, 0.15) is 46.9 Å². The van der Waals surface area contributed by atoms with Crippen molar-refractivity contribution in [3.63, 3.8) is 0 Å². The Labute approximate surface area is 208 Å². The molecular weight excluding hydrogens is 466 g/mol. The molecule has 36 heavy (non-hydrogen) atoms. The van der Waals surface area contributed by atoms with Crippen molar-refractivity contribution in [3.05, 3.63) is 47.5 Å². The molecule has 190 valence electrons. The molecule has 0 spiro atoms. The summed E-state index contributed by atoms with van der Waals surface area (Å²) in [5, 5.41) is 5.64. The van der Waals surface area contributed by atoms with E-state index in [1.54, 1.807) is 48.3 Å². The van der Waals surface area contributed by atoms with Gasteiger partial charge in [-0.2, -0.15) is 0 Å². The quantitative estimate of drug-likeness (QED) is 0.655. The summed E-state index contributed by atoms with van der Waals surface area (Å²) < 4.78 is 22.8. The summed E-state index contributed by atoms with van der Waals surface area (Å²) in [6.07, 6.45) is 1.12. The van der Waals surface area contributed by atoms with Crippen molar-refractivity contribution in [3.8, 4) is 17.2 Å². The van der Waals surface area contributed by atoms with Gasteiger partial charge in [0.2, 0.25) is 12.7 Å². The maximum absolute atomic E-state index is 13.4. The van der Waals surface area contributed by atoms with Gasteiger partial charge in [0.25, 0.3) is 11.8 Å². The second-order valence-corrected chi connectivity index (χ2v) is 9.06. The number of anilines is 1. The van der Waals surface area contributed by atoms with Crippen LogP contribution in [-0.4, -0.2) is 67.9 Å². The van der Waals surface area contributed by atoms with Gasteiger partial charge < -0.3 is 34.5 Å². The zero-order valence-electron chi connectivity index (χ0n) is 20.2. The fourth-order valence-electron chi connectivity index (χ4n) is 4.82. The van der Waals surface area contributed by atoms with Crippen molar-refractivity contribution in [1.82, 2.24) is 10.2 Å². The standard InChI is InChI=1S/C26H29N3O7/c1-3-27-24(30)12-17-6-7-19-23(36-17)13-33-20-9-5-16(11-18(20)26(32)29(19)2)28-25(31)15-4-8-21-22(10-15)35-14-34-21/h4-5,8-11,17,19,23H,3,6-7,12-14H2,1-2H3,(H,27,30)(H,28,31)/t17-,19-,23-/m1/s1. The third kappa shape index (κ3) is 4.81. The molecule has 5 rings (SSSR count). The lowest BCUT2D eigenvalue weighted by Gasteiger charge is -2.42. The Hall–Kier alpha value is -3.79. The summed E-state index contributed by atoms with van der Waals surface area (Å²) in [6, 6.07) is 9.77. The number of nitrogens with one attached hydrogen (secondary N) is 2. The van der Waals surface area contributed by atoms with Gasteiger partial charge in [0.1, 0.15) is 18.5 Å². The van der Waals surface area contributed by atoms with Crippen molar-refractivity contribution in [2.45, 2.75) is 44.4 Å². The molecule has 3 heterocycles. The molecule has 0 saturated carbocycles. The molecule has 3 atom stereocenters. The number of carbonyl (C=O) groups excluding carboxylic acids is 3. The smallest absolute Gasteiger partial charge is 0.257 e. The van der Waals surface area contributed by atoms with E-state index in [-0.39, 0.29) is 55.8 Å². The Morgan fingerprint density at radius 1 is 1.03 bits per heavy atom. The van der Waals surface area contributed by atoms with Crippen LogP contribution >= 0.6 is 0 Å². The van der Waals surface area contributed by atoms with Gasteiger partial charge in [-0.15, -0.1) is 0 Å². The minimum Gasteiger partial charge on any atom is -0.490 e. The molecule has 0 aliphatic carbocycles. The van der Waals surface area contributed by atoms with Crippen LogP contribution in [0.15, 0.2) is 36.4 Å². The number of rotatable bonds is 5. The van der Waals surface area contributed by atoms with E-state index in [0.717, 1.165) is 0 Å². The molecule has 3 aliphatic rings. The van der Waals surface area contributed by atoms with Crippen LogP contribution in [0.4, 0.5) is 5.69 Å². The molecular formula is C26H29N3O7. The van der Waals surface area contributed by atoms with E-state index < -0.39 is 0 Å². The first kappa shape index (κ1) is 23.9. The third-order valence-corrected chi connectivity index (χ3v) is 6.69. The van der Waals surface area contributed by atoms with Crippen LogP contribution in [0.3, 0.4) is 0 Å². The Bertz CT molecular complexity index is 1180. The average Bonchev–Trinajstić information content (AvgIpc) is 3.35. The topological polar surface area (TPSA) is 115 Å². The van der Waals surface area contributed by atoms with Crippen LogP contribution in [-0.2, 0) is 9.53 Å². The SMILES string of the molecule is CCNC(=O)C[C@H]1CC[C@@H]2[C@@H](COc3ccc(NC(=O)c4ccc5c(c4)OCO5)cc3C(=O)N2C)O1. The number of amides is 3. The monoisotopic (exact) mass is 495 g/mol. The van der Waals surface area contributed by atoms with E-state index in [2.05, 4.69) is 10.6 Å².